The van der Waals surface area contributed by atoms with Gasteiger partial charge >= 0.3 is 272 Å². The van der Waals surface area contributed by atoms with Crippen molar-refractivity contribution in [3.05, 3.63) is 40.0 Å². The Balaban J connectivity index is 0.00000882. The third kappa shape index (κ3) is 15.7. The smallest absolute Gasteiger partial charge is 1.00 e. The summed E-state index contributed by atoms with van der Waals surface area (Å²) in [6.45, 7) is 14.3. The number of allylic oxidation sites excluding steroid dienone is 8. The molecule has 0 N–H and O–H groups in total. The maximum atomic E-state index is 2.38. The van der Waals surface area contributed by atoms with E-state index < -0.39 is 23.2 Å². The second-order valence-corrected chi connectivity index (χ2v) is 16.4. The molecule has 0 radical (unpaired) electrons. The van der Waals surface area contributed by atoms with Gasteiger partial charge in [-0.25, -0.2) is 0 Å². The number of unbranched alkanes of at least 4 members (excludes halogenated alkanes) is 12. The molecule has 0 atom stereocenters. The van der Waals surface area contributed by atoms with Gasteiger partial charge in [0, 0.05) is 0 Å². The Morgan fingerprint density at radius 3 is 0.884 bits per heavy atom. The Kier molecular flexibility index (Phi) is 27.8. The first-order valence-electron chi connectivity index (χ1n) is 18.8. The zero-order valence-electron chi connectivity index (χ0n) is 29.6. The molecule has 0 aromatic rings. The molecule has 0 bridgehead atoms. The largest absolute Gasteiger partial charge is 1.00 e. The van der Waals surface area contributed by atoms with E-state index in [1.165, 1.54) is 167 Å². The first-order chi connectivity index (χ1) is 20.1. The Morgan fingerprint density at radius 2 is 0.605 bits per heavy atom. The molecule has 0 nitrogen and oxygen atoms in total. The van der Waals surface area contributed by atoms with Crippen molar-refractivity contribution in [2.75, 3.05) is 0 Å². The molecule has 2 aliphatic carbocycles. The maximum Gasteiger partial charge on any atom is -1.00 e. The molecule has 0 aliphatic heterocycles. The van der Waals surface area contributed by atoms with Crippen LogP contribution in [-0.4, -0.2) is 0 Å². The van der Waals surface area contributed by atoms with Gasteiger partial charge in [-0.05, 0) is 0 Å². The van der Waals surface area contributed by atoms with Crippen molar-refractivity contribution in [1.82, 2.24) is 0 Å². The molecule has 0 fully saturated rings. The van der Waals surface area contributed by atoms with E-state index in [4.69, 9.17) is 0 Å². The summed E-state index contributed by atoms with van der Waals surface area (Å²) in [5.41, 5.74) is 11.6. The summed E-state index contributed by atoms with van der Waals surface area (Å²) in [6, 6.07) is 0. The molecule has 248 valence electrons. The fourth-order valence-electron chi connectivity index (χ4n) is 7.10. The third-order valence-corrected chi connectivity index (χ3v) is 14.1. The SMILES string of the molecule is CCCCCC1=C(CCCCC)[C]([Zr+2][C]2=C(CCCCC)CC(CCCCC)=C2CCCCC)=C(CCCCC)C1.[Cl-].[Cl-]. The van der Waals surface area contributed by atoms with Crippen molar-refractivity contribution in [3.8, 4) is 0 Å². The number of hydrogen-bond donors (Lipinski definition) is 0. The number of hydrogen-bond acceptors (Lipinski definition) is 0. The monoisotopic (exact) mass is 710 g/mol. The molecule has 0 aromatic carbocycles. The normalized spacial score (nSPS) is 15.0. The van der Waals surface area contributed by atoms with E-state index in [2.05, 4.69) is 41.5 Å². The summed E-state index contributed by atoms with van der Waals surface area (Å²) in [5, 5.41) is 0. The first kappa shape index (κ1) is 43.4. The summed E-state index contributed by atoms with van der Waals surface area (Å²) in [6.07, 6.45) is 36.1. The van der Waals surface area contributed by atoms with E-state index in [-0.39, 0.29) is 24.8 Å². The molecule has 0 saturated heterocycles. The number of rotatable bonds is 26. The number of halogens is 2. The van der Waals surface area contributed by atoms with Crippen LogP contribution >= 0.6 is 0 Å². The van der Waals surface area contributed by atoms with E-state index in [1.807, 2.05) is 40.0 Å². The average Bonchev–Trinajstić information content (AvgIpc) is 3.46. The fourth-order valence-corrected chi connectivity index (χ4v) is 11.9. The van der Waals surface area contributed by atoms with Crippen LogP contribution in [0, 0.1) is 0 Å². The van der Waals surface area contributed by atoms with Crippen LogP contribution in [0.5, 0.6) is 0 Å². The van der Waals surface area contributed by atoms with Crippen molar-refractivity contribution in [1.29, 1.82) is 0 Å². The molecule has 0 spiro atoms. The van der Waals surface area contributed by atoms with Crippen LogP contribution in [0.2, 0.25) is 0 Å². The van der Waals surface area contributed by atoms with Crippen LogP contribution in [0.1, 0.15) is 208 Å². The molecule has 3 heteroatoms. The predicted molar refractivity (Wildman–Crippen MR) is 182 cm³/mol. The van der Waals surface area contributed by atoms with Gasteiger partial charge in [-0.15, -0.1) is 0 Å². The molecule has 0 saturated carbocycles. The Labute approximate surface area is 294 Å². The summed E-state index contributed by atoms with van der Waals surface area (Å²) in [5.74, 6) is 0. The van der Waals surface area contributed by atoms with Crippen molar-refractivity contribution < 1.29 is 48.0 Å². The van der Waals surface area contributed by atoms with Crippen LogP contribution in [0.15, 0.2) is 40.0 Å². The van der Waals surface area contributed by atoms with Gasteiger partial charge in [0.2, 0.25) is 0 Å². The minimum atomic E-state index is -0.824. The summed E-state index contributed by atoms with van der Waals surface area (Å²) in [7, 11) is 0. The van der Waals surface area contributed by atoms with Crippen molar-refractivity contribution in [2.45, 2.75) is 208 Å². The quantitative estimate of drug-likeness (QED) is 0.0790. The molecule has 0 amide bonds. The van der Waals surface area contributed by atoms with Gasteiger partial charge < -0.3 is 24.8 Å². The molecule has 2 aliphatic rings. The summed E-state index contributed by atoms with van der Waals surface area (Å²) in [4.78, 5) is 0. The van der Waals surface area contributed by atoms with Gasteiger partial charge in [-0.3, -0.25) is 0 Å². The van der Waals surface area contributed by atoms with Gasteiger partial charge in [0.05, 0.1) is 0 Å². The maximum absolute atomic E-state index is 2.38. The average molecular weight is 713 g/mol. The first-order valence-corrected chi connectivity index (χ1v) is 21.2. The fraction of sp³-hybridized carbons (Fsp3) is 0.800. The van der Waals surface area contributed by atoms with Crippen molar-refractivity contribution >= 4 is 0 Å². The Hall–Kier alpha value is 0.423. The molecule has 0 aromatic heterocycles. The molecule has 2 rings (SSSR count). The van der Waals surface area contributed by atoms with E-state index in [9.17, 15) is 0 Å². The standard InChI is InChI=1S/2C20H35.2ClH.Zr/c2*1-4-7-10-13-18-16-19(14-11-8-5-2)20(17-18)15-12-9-6-3;;;/h2*4-16H2,1-3H3;2*1H;/q;;;;+2/p-2. The predicted octanol–water partition coefficient (Wildman–Crippen LogP) is 8.47. The Bertz CT molecular complexity index is 790. The molecule has 0 unspecified atom stereocenters. The topological polar surface area (TPSA) is 0 Å². The van der Waals surface area contributed by atoms with Crippen LogP contribution in [0.25, 0.3) is 0 Å². The molecule has 43 heavy (non-hydrogen) atoms. The van der Waals surface area contributed by atoms with Crippen LogP contribution in [0.3, 0.4) is 0 Å². The van der Waals surface area contributed by atoms with E-state index >= 15 is 0 Å². The van der Waals surface area contributed by atoms with Crippen LogP contribution in [0.4, 0.5) is 0 Å². The van der Waals surface area contributed by atoms with E-state index in [0.29, 0.717) is 0 Å². The van der Waals surface area contributed by atoms with Crippen molar-refractivity contribution in [2.24, 2.45) is 0 Å². The second-order valence-electron chi connectivity index (χ2n) is 13.3. The van der Waals surface area contributed by atoms with Crippen molar-refractivity contribution in [3.63, 3.8) is 0 Å². The van der Waals surface area contributed by atoms with Crippen LogP contribution in [-0.2, 0) is 23.2 Å². The van der Waals surface area contributed by atoms with E-state index in [0.717, 1.165) is 0 Å². The van der Waals surface area contributed by atoms with Gasteiger partial charge in [-0.2, -0.15) is 0 Å². The van der Waals surface area contributed by atoms with Crippen LogP contribution < -0.4 is 24.8 Å². The zero-order valence-corrected chi connectivity index (χ0v) is 33.6. The van der Waals surface area contributed by atoms with Gasteiger partial charge in [0.15, 0.2) is 0 Å². The third-order valence-electron chi connectivity index (χ3n) is 9.66. The zero-order chi connectivity index (χ0) is 29.7. The Morgan fingerprint density at radius 1 is 0.349 bits per heavy atom. The molecular weight excluding hydrogens is 643 g/mol. The van der Waals surface area contributed by atoms with Gasteiger partial charge in [0.1, 0.15) is 0 Å². The van der Waals surface area contributed by atoms with E-state index in [1.54, 1.807) is 0 Å². The molecular formula is C40H70Cl2Zr. The van der Waals surface area contributed by atoms with Gasteiger partial charge in [-0.1, -0.05) is 0 Å². The molecule has 0 heterocycles. The minimum Gasteiger partial charge on any atom is -1.00 e. The minimum absolute atomic E-state index is 0. The summed E-state index contributed by atoms with van der Waals surface area (Å²) >= 11 is -0.824. The van der Waals surface area contributed by atoms with Gasteiger partial charge in [0.25, 0.3) is 0 Å². The second kappa shape index (κ2) is 27.5. The summed E-state index contributed by atoms with van der Waals surface area (Å²) < 4.78 is 4.05.